The molecule has 3 aliphatic rings. The van der Waals surface area contributed by atoms with Crippen molar-refractivity contribution in [3.8, 4) is 0 Å². The van der Waals surface area contributed by atoms with E-state index in [9.17, 15) is 0 Å². The first-order valence-corrected chi connectivity index (χ1v) is 10.9. The lowest BCUT2D eigenvalue weighted by atomic mass is 9.97. The lowest BCUT2D eigenvalue weighted by Gasteiger charge is -2.36. The van der Waals surface area contributed by atoms with Gasteiger partial charge in [0.2, 0.25) is 0 Å². The fourth-order valence-corrected chi connectivity index (χ4v) is 5.07. The molecule has 3 heterocycles. The maximum atomic E-state index is 5.66. The minimum atomic E-state index is 0.461. The van der Waals surface area contributed by atoms with Crippen LogP contribution in [0.1, 0.15) is 26.2 Å². The van der Waals surface area contributed by atoms with E-state index in [0.717, 1.165) is 76.8 Å². The molecule has 0 aliphatic carbocycles. The van der Waals surface area contributed by atoms with Crippen molar-refractivity contribution >= 4 is 17.7 Å². The molecule has 25 heavy (non-hydrogen) atoms. The van der Waals surface area contributed by atoms with Crippen molar-refractivity contribution in [1.82, 2.24) is 15.5 Å². The molecule has 3 unspecified atom stereocenters. The average Bonchev–Trinajstić information content (AvgIpc) is 3.35. The summed E-state index contributed by atoms with van der Waals surface area (Å²) < 4.78 is 11.2. The number of thioether (sulfide) groups is 1. The highest BCUT2D eigenvalue weighted by atomic mass is 32.2. The Morgan fingerprint density at radius 3 is 2.76 bits per heavy atom. The Kier molecular flexibility index (Phi) is 8.17. The summed E-state index contributed by atoms with van der Waals surface area (Å²) in [6.45, 7) is 10.4. The van der Waals surface area contributed by atoms with Gasteiger partial charge in [-0.3, -0.25) is 9.89 Å². The van der Waals surface area contributed by atoms with Gasteiger partial charge in [0, 0.05) is 50.0 Å². The van der Waals surface area contributed by atoms with Gasteiger partial charge in [0.1, 0.15) is 0 Å². The number of morpholine rings is 1. The molecule has 0 aromatic rings. The van der Waals surface area contributed by atoms with Gasteiger partial charge < -0.3 is 20.1 Å². The van der Waals surface area contributed by atoms with Gasteiger partial charge in [0.25, 0.3) is 0 Å². The topological polar surface area (TPSA) is 58.1 Å². The molecule has 3 saturated heterocycles. The van der Waals surface area contributed by atoms with Crippen LogP contribution in [0.25, 0.3) is 0 Å². The second-order valence-electron chi connectivity index (χ2n) is 7.07. The van der Waals surface area contributed by atoms with Gasteiger partial charge in [0.05, 0.1) is 26.4 Å². The first-order chi connectivity index (χ1) is 12.4. The molecule has 3 atom stereocenters. The van der Waals surface area contributed by atoms with Crippen LogP contribution < -0.4 is 10.6 Å². The van der Waals surface area contributed by atoms with E-state index in [2.05, 4.69) is 34.2 Å². The minimum Gasteiger partial charge on any atom is -0.381 e. The lowest BCUT2D eigenvalue weighted by molar-refractivity contribution is 0.00368. The van der Waals surface area contributed by atoms with E-state index in [1.807, 2.05) is 0 Å². The quantitative estimate of drug-likeness (QED) is 0.518. The number of nitrogens with one attached hydrogen (secondary N) is 2. The minimum absolute atomic E-state index is 0.461. The van der Waals surface area contributed by atoms with Crippen molar-refractivity contribution in [3.05, 3.63) is 0 Å². The summed E-state index contributed by atoms with van der Waals surface area (Å²) in [5.41, 5.74) is 0. The molecule has 0 aromatic carbocycles. The zero-order valence-electron chi connectivity index (χ0n) is 15.5. The van der Waals surface area contributed by atoms with Gasteiger partial charge >= 0.3 is 0 Å². The molecule has 0 aromatic heterocycles. The van der Waals surface area contributed by atoms with Gasteiger partial charge in [-0.05, 0) is 31.9 Å². The van der Waals surface area contributed by atoms with E-state index >= 15 is 0 Å². The van der Waals surface area contributed by atoms with Crippen molar-refractivity contribution in [2.75, 3.05) is 64.9 Å². The third-order valence-corrected chi connectivity index (χ3v) is 6.72. The highest BCUT2D eigenvalue weighted by Gasteiger charge is 2.31. The fraction of sp³-hybridized carbons (Fsp3) is 0.944. The monoisotopic (exact) mass is 370 g/mol. The van der Waals surface area contributed by atoms with Crippen molar-refractivity contribution in [3.63, 3.8) is 0 Å². The molecule has 0 radical (unpaired) electrons. The highest BCUT2D eigenvalue weighted by molar-refractivity contribution is 8.00. The molecule has 3 rings (SSSR count). The van der Waals surface area contributed by atoms with Gasteiger partial charge in [0.15, 0.2) is 5.96 Å². The summed E-state index contributed by atoms with van der Waals surface area (Å²) in [6, 6.07) is 0.461. The van der Waals surface area contributed by atoms with E-state index in [1.54, 1.807) is 0 Å². The van der Waals surface area contributed by atoms with Crippen LogP contribution in [0.5, 0.6) is 0 Å². The summed E-state index contributed by atoms with van der Waals surface area (Å²) in [5.74, 6) is 2.86. The molecular formula is C18H34N4O2S. The molecule has 0 saturated carbocycles. The van der Waals surface area contributed by atoms with Crippen LogP contribution in [0, 0.1) is 5.92 Å². The number of hydrogen-bond donors (Lipinski definition) is 2. The number of hydrogen-bond acceptors (Lipinski definition) is 5. The van der Waals surface area contributed by atoms with Crippen LogP contribution in [0.2, 0.25) is 0 Å². The smallest absolute Gasteiger partial charge is 0.191 e. The molecule has 0 spiro atoms. The third kappa shape index (κ3) is 6.01. The number of nitrogens with zero attached hydrogens (tertiary/aromatic N) is 2. The van der Waals surface area contributed by atoms with Gasteiger partial charge in [-0.15, -0.1) is 0 Å². The molecule has 144 valence electrons. The Morgan fingerprint density at radius 1 is 1.20 bits per heavy atom. The SMILES string of the molecule is CCNC(=NCC(C1CCOC1)N1CCOCC1)NCC1CCCS1. The summed E-state index contributed by atoms with van der Waals surface area (Å²) in [4.78, 5) is 7.50. The first kappa shape index (κ1) is 19.3. The van der Waals surface area contributed by atoms with Crippen molar-refractivity contribution in [2.45, 2.75) is 37.5 Å². The van der Waals surface area contributed by atoms with Crippen molar-refractivity contribution in [1.29, 1.82) is 0 Å². The Bertz CT molecular complexity index is 406. The van der Waals surface area contributed by atoms with E-state index < -0.39 is 0 Å². The Hall–Kier alpha value is -0.500. The van der Waals surface area contributed by atoms with Crippen molar-refractivity contribution in [2.24, 2.45) is 10.9 Å². The summed E-state index contributed by atoms with van der Waals surface area (Å²) in [6.07, 6.45) is 3.83. The van der Waals surface area contributed by atoms with E-state index in [-0.39, 0.29) is 0 Å². The Balaban J connectivity index is 1.57. The Labute approximate surface area is 156 Å². The fourth-order valence-electron chi connectivity index (χ4n) is 3.87. The second-order valence-corrected chi connectivity index (χ2v) is 8.48. The van der Waals surface area contributed by atoms with Gasteiger partial charge in [-0.25, -0.2) is 0 Å². The van der Waals surface area contributed by atoms with Crippen molar-refractivity contribution < 1.29 is 9.47 Å². The largest absolute Gasteiger partial charge is 0.381 e. The molecule has 3 aliphatic heterocycles. The lowest BCUT2D eigenvalue weighted by Crippen LogP contribution is -2.49. The third-order valence-electron chi connectivity index (χ3n) is 5.33. The first-order valence-electron chi connectivity index (χ1n) is 9.90. The van der Waals surface area contributed by atoms with Crippen LogP contribution in [0.4, 0.5) is 0 Å². The normalized spacial score (nSPS) is 29.7. The number of aliphatic imine (C=N–C) groups is 1. The second kappa shape index (κ2) is 10.6. The van der Waals surface area contributed by atoms with E-state index in [4.69, 9.17) is 14.5 Å². The molecular weight excluding hydrogens is 336 g/mol. The van der Waals surface area contributed by atoms with Crippen LogP contribution in [-0.2, 0) is 9.47 Å². The van der Waals surface area contributed by atoms with Gasteiger partial charge in [-0.1, -0.05) is 0 Å². The maximum Gasteiger partial charge on any atom is 0.191 e. The number of guanidine groups is 1. The molecule has 2 N–H and O–H groups in total. The van der Waals surface area contributed by atoms with Crippen LogP contribution in [0.15, 0.2) is 4.99 Å². The molecule has 0 amide bonds. The molecule has 0 bridgehead atoms. The summed E-state index contributed by atoms with van der Waals surface area (Å²) >= 11 is 2.09. The molecule has 3 fully saturated rings. The predicted molar refractivity (Wildman–Crippen MR) is 105 cm³/mol. The van der Waals surface area contributed by atoms with E-state index in [0.29, 0.717) is 12.0 Å². The zero-order valence-corrected chi connectivity index (χ0v) is 16.4. The highest BCUT2D eigenvalue weighted by Crippen LogP contribution is 2.25. The standard InChI is InChI=1S/C18H34N4O2S/c1-2-19-18(20-12-16-4-3-11-25-16)21-13-17(15-5-8-24-14-15)22-6-9-23-10-7-22/h15-17H,2-14H2,1H3,(H2,19,20,21). The van der Waals surface area contributed by atoms with Crippen LogP contribution in [-0.4, -0.2) is 87.1 Å². The van der Waals surface area contributed by atoms with Crippen LogP contribution in [0.3, 0.4) is 0 Å². The molecule has 6 nitrogen and oxygen atoms in total. The molecule has 7 heteroatoms. The zero-order chi connectivity index (χ0) is 17.3. The average molecular weight is 371 g/mol. The Morgan fingerprint density at radius 2 is 2.08 bits per heavy atom. The summed E-state index contributed by atoms with van der Waals surface area (Å²) in [7, 11) is 0. The predicted octanol–water partition coefficient (Wildman–Crippen LogP) is 1.17. The van der Waals surface area contributed by atoms with E-state index in [1.165, 1.54) is 18.6 Å². The van der Waals surface area contributed by atoms with Gasteiger partial charge in [-0.2, -0.15) is 11.8 Å². The number of ether oxygens (including phenoxy) is 2. The maximum absolute atomic E-state index is 5.66. The number of rotatable bonds is 7. The summed E-state index contributed by atoms with van der Waals surface area (Å²) in [5, 5.41) is 7.70. The van der Waals surface area contributed by atoms with Crippen LogP contribution >= 0.6 is 11.8 Å².